The number of halogens is 3. The Bertz CT molecular complexity index is 1410. The van der Waals surface area contributed by atoms with Crippen molar-refractivity contribution in [3.8, 4) is 22.6 Å². The van der Waals surface area contributed by atoms with Crippen molar-refractivity contribution in [2.24, 2.45) is 0 Å². The van der Waals surface area contributed by atoms with Crippen LogP contribution in [0.25, 0.3) is 27.7 Å². The Morgan fingerprint density at radius 1 is 1.06 bits per heavy atom. The van der Waals surface area contributed by atoms with Crippen LogP contribution in [0.4, 0.5) is 8.78 Å². The summed E-state index contributed by atoms with van der Waals surface area (Å²) in [5.74, 6) is -2.54. The first-order chi connectivity index (χ1) is 16.4. The first-order valence-electron chi connectivity index (χ1n) is 10.8. The zero-order chi connectivity index (χ0) is 24.0. The van der Waals surface area contributed by atoms with E-state index < -0.39 is 17.6 Å². The third kappa shape index (κ3) is 3.71. The van der Waals surface area contributed by atoms with Crippen LogP contribution in [0.5, 0.6) is 5.75 Å². The lowest BCUT2D eigenvalue weighted by atomic mass is 9.89. The number of aromatic hydroxyl groups is 1. The van der Waals surface area contributed by atoms with Gasteiger partial charge in [0.2, 0.25) is 0 Å². The first kappa shape index (κ1) is 22.4. The molecule has 5 nitrogen and oxygen atoms in total. The van der Waals surface area contributed by atoms with Crippen molar-refractivity contribution >= 4 is 28.5 Å². The van der Waals surface area contributed by atoms with Crippen LogP contribution in [-0.4, -0.2) is 34.0 Å². The maximum Gasteiger partial charge on any atom is 0.337 e. The predicted octanol–water partition coefficient (Wildman–Crippen LogP) is 6.53. The van der Waals surface area contributed by atoms with E-state index in [1.165, 1.54) is 24.3 Å². The number of phenolic OH excluding ortho intramolecular Hbond substituents is 1. The van der Waals surface area contributed by atoms with Gasteiger partial charge in [0.05, 0.1) is 21.5 Å². The van der Waals surface area contributed by atoms with Gasteiger partial charge in [0, 0.05) is 41.6 Å². The molecular formula is C26H20ClF2NO4. The zero-order valence-electron chi connectivity index (χ0n) is 17.9. The molecule has 174 valence electrons. The average molecular weight is 484 g/mol. The summed E-state index contributed by atoms with van der Waals surface area (Å²) in [4.78, 5) is 11.8. The zero-order valence-corrected chi connectivity index (χ0v) is 18.6. The Hall–Kier alpha value is -3.42. The van der Waals surface area contributed by atoms with Gasteiger partial charge >= 0.3 is 5.97 Å². The van der Waals surface area contributed by atoms with E-state index in [0.717, 1.165) is 6.07 Å². The molecule has 0 radical (unpaired) electrons. The number of rotatable bonds is 4. The lowest BCUT2D eigenvalue weighted by Crippen LogP contribution is -2.17. The molecule has 0 spiro atoms. The molecule has 1 fully saturated rings. The minimum atomic E-state index is -1.29. The van der Waals surface area contributed by atoms with Crippen LogP contribution in [0.3, 0.4) is 0 Å². The maximum absolute atomic E-state index is 15.4. The number of benzene rings is 3. The van der Waals surface area contributed by atoms with Crippen LogP contribution in [0.2, 0.25) is 5.02 Å². The van der Waals surface area contributed by atoms with Gasteiger partial charge in [-0.25, -0.2) is 13.6 Å². The van der Waals surface area contributed by atoms with E-state index in [2.05, 4.69) is 0 Å². The van der Waals surface area contributed by atoms with Crippen molar-refractivity contribution in [2.75, 3.05) is 13.2 Å². The Morgan fingerprint density at radius 2 is 1.76 bits per heavy atom. The van der Waals surface area contributed by atoms with E-state index >= 15 is 4.39 Å². The lowest BCUT2D eigenvalue weighted by Gasteiger charge is -2.26. The normalized spacial score (nSPS) is 14.6. The second-order valence-corrected chi connectivity index (χ2v) is 8.65. The molecule has 0 bridgehead atoms. The van der Waals surface area contributed by atoms with E-state index in [-0.39, 0.29) is 27.8 Å². The highest BCUT2D eigenvalue weighted by atomic mass is 35.5. The van der Waals surface area contributed by atoms with Gasteiger partial charge in [-0.05, 0) is 61.4 Å². The summed E-state index contributed by atoms with van der Waals surface area (Å²) in [5, 5.41) is 20.7. The molecule has 1 saturated heterocycles. The smallest absolute Gasteiger partial charge is 0.337 e. The summed E-state index contributed by atoms with van der Waals surface area (Å²) in [7, 11) is 0. The van der Waals surface area contributed by atoms with Gasteiger partial charge in [-0.1, -0.05) is 17.7 Å². The number of carboxylic acid groups (broad SMARTS) is 1. The Balaban J connectivity index is 1.93. The van der Waals surface area contributed by atoms with Gasteiger partial charge in [-0.15, -0.1) is 0 Å². The van der Waals surface area contributed by atoms with Gasteiger partial charge < -0.3 is 19.5 Å². The van der Waals surface area contributed by atoms with Crippen molar-refractivity contribution in [1.29, 1.82) is 0 Å². The van der Waals surface area contributed by atoms with Crippen molar-refractivity contribution in [3.05, 3.63) is 82.5 Å². The summed E-state index contributed by atoms with van der Waals surface area (Å²) >= 11 is 6.01. The number of hydrogen-bond acceptors (Lipinski definition) is 3. The minimum Gasteiger partial charge on any atom is -0.507 e. The third-order valence-corrected chi connectivity index (χ3v) is 6.57. The molecule has 2 N–H and O–H groups in total. The monoisotopic (exact) mass is 483 g/mol. The topological polar surface area (TPSA) is 71.7 Å². The highest BCUT2D eigenvalue weighted by Crippen LogP contribution is 2.47. The molecule has 1 aromatic heterocycles. The number of fused-ring (bicyclic) bond motifs is 1. The number of carbonyl (C=O) groups is 1. The van der Waals surface area contributed by atoms with E-state index in [1.807, 2.05) is 4.57 Å². The first-order valence-corrected chi connectivity index (χ1v) is 11.2. The number of aromatic carboxylic acids is 1. The third-order valence-electron chi connectivity index (χ3n) is 6.26. The molecule has 3 aromatic carbocycles. The highest BCUT2D eigenvalue weighted by Gasteiger charge is 2.31. The number of ether oxygens (including phenoxy) is 1. The largest absolute Gasteiger partial charge is 0.507 e. The van der Waals surface area contributed by atoms with Crippen molar-refractivity contribution < 1.29 is 28.5 Å². The second kappa shape index (κ2) is 8.74. The SMILES string of the molecule is O=C(O)c1cc(-c2c(C3CCOCC3)n(-c3ccc(F)cc3)c3cccc(O)c23)c(F)cc1Cl. The Kier molecular flexibility index (Phi) is 5.75. The number of nitrogens with zero attached hydrogens (tertiary/aromatic N) is 1. The average Bonchev–Trinajstić information content (AvgIpc) is 3.16. The lowest BCUT2D eigenvalue weighted by molar-refractivity contribution is 0.0697. The van der Waals surface area contributed by atoms with Crippen molar-refractivity contribution in [1.82, 2.24) is 4.57 Å². The van der Waals surface area contributed by atoms with E-state index in [0.29, 0.717) is 53.9 Å². The highest BCUT2D eigenvalue weighted by molar-refractivity contribution is 6.33. The molecular weight excluding hydrogens is 464 g/mol. The summed E-state index contributed by atoms with van der Waals surface area (Å²) in [6.07, 6.45) is 1.29. The summed E-state index contributed by atoms with van der Waals surface area (Å²) in [6, 6.07) is 13.1. The van der Waals surface area contributed by atoms with Crippen LogP contribution in [-0.2, 0) is 4.74 Å². The van der Waals surface area contributed by atoms with Crippen LogP contribution in [0.1, 0.15) is 34.8 Å². The van der Waals surface area contributed by atoms with Crippen LogP contribution < -0.4 is 0 Å². The summed E-state index contributed by atoms with van der Waals surface area (Å²) in [5.41, 5.74) is 2.10. The predicted molar refractivity (Wildman–Crippen MR) is 125 cm³/mol. The molecule has 5 rings (SSSR count). The van der Waals surface area contributed by atoms with Gasteiger partial charge in [0.15, 0.2) is 0 Å². The Labute approximate surface area is 198 Å². The summed E-state index contributed by atoms with van der Waals surface area (Å²) in [6.45, 7) is 1.01. The molecule has 8 heteroatoms. The molecule has 0 atom stereocenters. The van der Waals surface area contributed by atoms with Gasteiger partial charge in [0.25, 0.3) is 0 Å². The van der Waals surface area contributed by atoms with Crippen LogP contribution >= 0.6 is 11.6 Å². The van der Waals surface area contributed by atoms with Gasteiger partial charge in [0.1, 0.15) is 17.4 Å². The van der Waals surface area contributed by atoms with Crippen molar-refractivity contribution in [2.45, 2.75) is 18.8 Å². The number of phenols is 1. The van der Waals surface area contributed by atoms with Crippen LogP contribution in [0, 0.1) is 11.6 Å². The quantitative estimate of drug-likeness (QED) is 0.346. The summed E-state index contributed by atoms with van der Waals surface area (Å²) < 4.78 is 36.6. The fraction of sp³-hybridized carbons (Fsp3) is 0.192. The molecule has 34 heavy (non-hydrogen) atoms. The fourth-order valence-electron chi connectivity index (χ4n) is 4.74. The van der Waals surface area contributed by atoms with E-state index in [1.54, 1.807) is 24.3 Å². The Morgan fingerprint density at radius 3 is 2.44 bits per heavy atom. The molecule has 0 amide bonds. The molecule has 1 aliphatic heterocycles. The minimum absolute atomic E-state index is 0.0238. The number of carboxylic acids is 1. The molecule has 0 aliphatic carbocycles. The standard InChI is InChI=1S/C26H20ClF2NO4/c27-19-13-20(29)18(12-17(19)26(32)33)23-24-21(2-1-3-22(24)31)30(16-6-4-15(28)5-7-16)25(23)14-8-10-34-11-9-14/h1-7,12-14,31H,8-11H2,(H,32,33). The number of aromatic nitrogens is 1. The molecule has 1 aliphatic rings. The van der Waals surface area contributed by atoms with Gasteiger partial charge in [-0.2, -0.15) is 0 Å². The molecule has 0 saturated carbocycles. The van der Waals surface area contributed by atoms with Crippen molar-refractivity contribution in [3.63, 3.8) is 0 Å². The number of hydrogen-bond donors (Lipinski definition) is 2. The van der Waals surface area contributed by atoms with E-state index in [9.17, 15) is 19.4 Å². The molecule has 0 unspecified atom stereocenters. The van der Waals surface area contributed by atoms with Crippen LogP contribution in [0.15, 0.2) is 54.6 Å². The second-order valence-electron chi connectivity index (χ2n) is 8.25. The maximum atomic E-state index is 15.4. The van der Waals surface area contributed by atoms with Gasteiger partial charge in [-0.3, -0.25) is 0 Å². The molecule has 4 aromatic rings. The fourth-order valence-corrected chi connectivity index (χ4v) is 4.97. The van der Waals surface area contributed by atoms with E-state index in [4.69, 9.17) is 16.3 Å². The molecule has 2 heterocycles.